The third kappa shape index (κ3) is 2.94. The minimum Gasteiger partial charge on any atom is -0.474 e. The van der Waals surface area contributed by atoms with Gasteiger partial charge in [0.2, 0.25) is 5.90 Å². The molecule has 3 rings (SSSR count). The second kappa shape index (κ2) is 5.57. The third-order valence-corrected chi connectivity index (χ3v) is 3.06. The molecule has 0 saturated heterocycles. The maximum absolute atomic E-state index is 5.67. The van der Waals surface area contributed by atoms with Crippen molar-refractivity contribution < 1.29 is 9.57 Å². The number of hydrogen-bond acceptors (Lipinski definition) is 3. The highest BCUT2D eigenvalue weighted by atomic mass is 16.7. The van der Waals surface area contributed by atoms with Crippen LogP contribution in [0.4, 0.5) is 0 Å². The molecule has 1 atom stereocenters. The zero-order valence-electron chi connectivity index (χ0n) is 10.5. The van der Waals surface area contributed by atoms with Crippen molar-refractivity contribution in [2.24, 2.45) is 5.16 Å². The van der Waals surface area contributed by atoms with Crippen LogP contribution in [0.15, 0.2) is 65.8 Å². The number of oxime groups is 1. The Labute approximate surface area is 112 Å². The van der Waals surface area contributed by atoms with Gasteiger partial charge in [-0.1, -0.05) is 65.8 Å². The zero-order valence-corrected chi connectivity index (χ0v) is 10.5. The number of rotatable bonds is 3. The summed E-state index contributed by atoms with van der Waals surface area (Å²) in [7, 11) is 0. The molecule has 0 bridgehead atoms. The van der Waals surface area contributed by atoms with Gasteiger partial charge in [-0.15, -0.1) is 0 Å². The number of ether oxygens (including phenoxy) is 1. The monoisotopic (exact) mass is 253 g/mol. The molecule has 0 radical (unpaired) electrons. The molecule has 0 aliphatic carbocycles. The average Bonchev–Trinajstić information content (AvgIpc) is 2.96. The summed E-state index contributed by atoms with van der Waals surface area (Å²) in [6, 6.07) is 20.1. The van der Waals surface area contributed by atoms with Crippen molar-refractivity contribution in [1.82, 2.24) is 0 Å². The van der Waals surface area contributed by atoms with Gasteiger partial charge in [-0.3, -0.25) is 0 Å². The van der Waals surface area contributed by atoms with E-state index in [-0.39, 0.29) is 6.10 Å². The van der Waals surface area contributed by atoms with Crippen LogP contribution in [-0.4, -0.2) is 5.90 Å². The Kier molecular flexibility index (Phi) is 3.45. The first kappa shape index (κ1) is 11.8. The van der Waals surface area contributed by atoms with E-state index in [1.54, 1.807) is 0 Å². The van der Waals surface area contributed by atoms with Crippen LogP contribution in [0.25, 0.3) is 0 Å². The Balaban J connectivity index is 1.55. The largest absolute Gasteiger partial charge is 0.474 e. The van der Waals surface area contributed by atoms with Gasteiger partial charge in [0.15, 0.2) is 6.10 Å². The van der Waals surface area contributed by atoms with Crippen LogP contribution < -0.4 is 0 Å². The van der Waals surface area contributed by atoms with E-state index in [0.717, 1.165) is 11.1 Å². The highest BCUT2D eigenvalue weighted by Crippen LogP contribution is 2.27. The van der Waals surface area contributed by atoms with Crippen LogP contribution in [0.1, 0.15) is 23.7 Å². The van der Waals surface area contributed by atoms with Crippen molar-refractivity contribution in [2.75, 3.05) is 0 Å². The summed E-state index contributed by atoms with van der Waals surface area (Å²) in [5.41, 5.74) is 2.26. The summed E-state index contributed by atoms with van der Waals surface area (Å²) in [5, 5.41) is 4.00. The molecule has 0 N–H and O–H groups in total. The fourth-order valence-electron chi connectivity index (χ4n) is 2.03. The molecule has 2 aromatic carbocycles. The summed E-state index contributed by atoms with van der Waals surface area (Å²) in [4.78, 5) is 5.40. The molecule has 1 aliphatic rings. The van der Waals surface area contributed by atoms with E-state index in [1.165, 1.54) is 0 Å². The minimum absolute atomic E-state index is 0.0213. The SMILES string of the molecule is c1ccc(COC2=NOC(c3ccccc3)C2)cc1. The first-order valence-electron chi connectivity index (χ1n) is 6.36. The molecular weight excluding hydrogens is 238 g/mol. The van der Waals surface area contributed by atoms with Crippen molar-refractivity contribution in [3.63, 3.8) is 0 Å². The molecule has 0 saturated carbocycles. The van der Waals surface area contributed by atoms with Crippen molar-refractivity contribution in [3.8, 4) is 0 Å². The molecule has 0 spiro atoms. The molecule has 2 aromatic rings. The van der Waals surface area contributed by atoms with E-state index in [9.17, 15) is 0 Å². The second-order valence-electron chi connectivity index (χ2n) is 4.47. The molecule has 0 fully saturated rings. The second-order valence-corrected chi connectivity index (χ2v) is 4.47. The maximum Gasteiger partial charge on any atom is 0.230 e. The summed E-state index contributed by atoms with van der Waals surface area (Å²) in [6.45, 7) is 0.532. The van der Waals surface area contributed by atoms with E-state index in [4.69, 9.17) is 9.57 Å². The average molecular weight is 253 g/mol. The fourth-order valence-corrected chi connectivity index (χ4v) is 2.03. The van der Waals surface area contributed by atoms with Gasteiger partial charge in [0.1, 0.15) is 6.61 Å². The Hall–Kier alpha value is -2.29. The van der Waals surface area contributed by atoms with Crippen LogP contribution in [-0.2, 0) is 16.2 Å². The Morgan fingerprint density at radius 2 is 1.68 bits per heavy atom. The van der Waals surface area contributed by atoms with Gasteiger partial charge < -0.3 is 9.57 Å². The predicted molar refractivity (Wildman–Crippen MR) is 73.6 cm³/mol. The van der Waals surface area contributed by atoms with E-state index >= 15 is 0 Å². The first-order chi connectivity index (χ1) is 9.42. The lowest BCUT2D eigenvalue weighted by atomic mass is 10.1. The van der Waals surface area contributed by atoms with Crippen LogP contribution >= 0.6 is 0 Å². The van der Waals surface area contributed by atoms with Gasteiger partial charge in [0, 0.05) is 0 Å². The van der Waals surface area contributed by atoms with E-state index in [1.807, 2.05) is 60.7 Å². The molecule has 3 heteroatoms. The quantitative estimate of drug-likeness (QED) is 0.835. The maximum atomic E-state index is 5.67. The van der Waals surface area contributed by atoms with Gasteiger partial charge in [-0.2, -0.15) is 0 Å². The highest BCUT2D eigenvalue weighted by Gasteiger charge is 2.23. The van der Waals surface area contributed by atoms with Crippen molar-refractivity contribution in [3.05, 3.63) is 71.8 Å². The van der Waals surface area contributed by atoms with Crippen molar-refractivity contribution in [1.29, 1.82) is 0 Å². The lowest BCUT2D eigenvalue weighted by molar-refractivity contribution is 0.0852. The molecule has 1 heterocycles. The summed E-state index contributed by atoms with van der Waals surface area (Å²) in [5.74, 6) is 0.665. The Morgan fingerprint density at radius 3 is 2.42 bits per heavy atom. The highest BCUT2D eigenvalue weighted by molar-refractivity contribution is 5.77. The summed E-state index contributed by atoms with van der Waals surface area (Å²) < 4.78 is 5.67. The Bertz CT molecular complexity index is 551. The lowest BCUT2D eigenvalue weighted by Crippen LogP contribution is -2.04. The molecule has 96 valence electrons. The molecule has 1 unspecified atom stereocenters. The molecule has 0 aromatic heterocycles. The Morgan fingerprint density at radius 1 is 1.00 bits per heavy atom. The molecule has 3 nitrogen and oxygen atoms in total. The van der Waals surface area contributed by atoms with Crippen molar-refractivity contribution in [2.45, 2.75) is 19.1 Å². The molecule has 0 amide bonds. The lowest BCUT2D eigenvalue weighted by Gasteiger charge is -2.07. The van der Waals surface area contributed by atoms with Crippen LogP contribution in [0, 0.1) is 0 Å². The standard InChI is InChI=1S/C16H15NO2/c1-3-7-13(8-4-1)12-18-16-11-15(19-17-16)14-9-5-2-6-10-14/h1-10,15H,11-12H2. The molecular formula is C16H15NO2. The molecule has 19 heavy (non-hydrogen) atoms. The van der Waals surface area contributed by atoms with Gasteiger partial charge in [0.05, 0.1) is 6.42 Å². The van der Waals surface area contributed by atoms with Gasteiger partial charge in [-0.05, 0) is 11.1 Å². The first-order valence-corrected chi connectivity index (χ1v) is 6.36. The third-order valence-electron chi connectivity index (χ3n) is 3.06. The number of benzene rings is 2. The van der Waals surface area contributed by atoms with E-state index in [0.29, 0.717) is 18.9 Å². The predicted octanol–water partition coefficient (Wildman–Crippen LogP) is 3.68. The smallest absolute Gasteiger partial charge is 0.230 e. The minimum atomic E-state index is -0.0213. The zero-order chi connectivity index (χ0) is 12.9. The van der Waals surface area contributed by atoms with Gasteiger partial charge >= 0.3 is 0 Å². The fraction of sp³-hybridized carbons (Fsp3) is 0.188. The number of nitrogens with zero attached hydrogens (tertiary/aromatic N) is 1. The van der Waals surface area contributed by atoms with E-state index in [2.05, 4.69) is 5.16 Å². The summed E-state index contributed by atoms with van der Waals surface area (Å²) >= 11 is 0. The van der Waals surface area contributed by atoms with Crippen LogP contribution in [0.5, 0.6) is 0 Å². The van der Waals surface area contributed by atoms with Crippen LogP contribution in [0.3, 0.4) is 0 Å². The van der Waals surface area contributed by atoms with Crippen LogP contribution in [0.2, 0.25) is 0 Å². The summed E-state index contributed by atoms with van der Waals surface area (Å²) in [6.07, 6.45) is 0.670. The van der Waals surface area contributed by atoms with Gasteiger partial charge in [-0.25, -0.2) is 0 Å². The molecule has 1 aliphatic heterocycles. The number of hydrogen-bond donors (Lipinski definition) is 0. The van der Waals surface area contributed by atoms with Crippen molar-refractivity contribution >= 4 is 5.90 Å². The van der Waals surface area contributed by atoms with Gasteiger partial charge in [0.25, 0.3) is 0 Å². The topological polar surface area (TPSA) is 30.8 Å². The van der Waals surface area contributed by atoms with E-state index < -0.39 is 0 Å². The normalized spacial score (nSPS) is 17.7.